The van der Waals surface area contributed by atoms with E-state index in [1.54, 1.807) is 12.1 Å². The zero-order valence-electron chi connectivity index (χ0n) is 20.9. The molecule has 2 aromatic rings. The molecule has 2 rings (SSSR count). The predicted octanol–water partition coefficient (Wildman–Crippen LogP) is 7.76. The van der Waals surface area contributed by atoms with E-state index in [0.29, 0.717) is 22.4 Å². The van der Waals surface area contributed by atoms with Crippen LogP contribution in [0.4, 0.5) is 0 Å². The van der Waals surface area contributed by atoms with E-state index in [2.05, 4.69) is 41.5 Å². The Balaban J connectivity index is 0.000000404. The van der Waals surface area contributed by atoms with Crippen LogP contribution in [0.25, 0.3) is 0 Å². The van der Waals surface area contributed by atoms with Gasteiger partial charge in [0.1, 0.15) is 23.0 Å². The smallest absolute Gasteiger partial charge is 0.258 e. The average molecular weight is 530 g/mol. The number of ketones is 2. The van der Waals surface area contributed by atoms with E-state index in [0.717, 1.165) is 0 Å². The Bertz CT molecular complexity index is 1030. The number of Topliss-reactive ketones (excluding diaryl/α,β-unsaturated/α-hetero) is 2. The SMILES string of the molecule is CC(=O)c1cc(O)cc(Cl)c1O.CC(=O)c1cc(O[Si](C(C)C)(C(C)C)C(C)C)cc(Cl)c1O. The van der Waals surface area contributed by atoms with Gasteiger partial charge in [0.25, 0.3) is 8.32 Å². The van der Waals surface area contributed by atoms with Gasteiger partial charge in [-0.3, -0.25) is 9.59 Å². The Morgan fingerprint density at radius 3 is 1.50 bits per heavy atom. The number of phenols is 3. The third-order valence-electron chi connectivity index (χ3n) is 5.85. The highest BCUT2D eigenvalue weighted by molar-refractivity contribution is 6.78. The maximum atomic E-state index is 11.7. The van der Waals surface area contributed by atoms with Gasteiger partial charge in [-0.25, -0.2) is 0 Å². The van der Waals surface area contributed by atoms with Crippen molar-refractivity contribution in [3.8, 4) is 23.0 Å². The Morgan fingerprint density at radius 1 is 0.735 bits per heavy atom. The van der Waals surface area contributed by atoms with E-state index < -0.39 is 8.32 Å². The minimum atomic E-state index is -2.12. The Morgan fingerprint density at radius 2 is 1.12 bits per heavy atom. The summed E-state index contributed by atoms with van der Waals surface area (Å²) in [6.45, 7) is 15.9. The molecule has 9 heteroatoms. The van der Waals surface area contributed by atoms with Crippen molar-refractivity contribution in [2.45, 2.75) is 72.0 Å². The maximum Gasteiger partial charge on any atom is 0.258 e. The van der Waals surface area contributed by atoms with Crippen LogP contribution in [0, 0.1) is 0 Å². The number of hydrogen-bond acceptors (Lipinski definition) is 6. The third-order valence-corrected chi connectivity index (χ3v) is 12.4. The van der Waals surface area contributed by atoms with Crippen LogP contribution in [-0.4, -0.2) is 35.2 Å². The second-order valence-electron chi connectivity index (χ2n) is 9.16. The van der Waals surface area contributed by atoms with E-state index in [1.165, 1.54) is 26.0 Å². The largest absolute Gasteiger partial charge is 0.543 e. The molecule has 2 aromatic carbocycles. The fourth-order valence-corrected chi connectivity index (χ4v) is 9.97. The van der Waals surface area contributed by atoms with Gasteiger partial charge in [0.05, 0.1) is 21.2 Å². The lowest BCUT2D eigenvalue weighted by molar-refractivity contribution is 0.100. The van der Waals surface area contributed by atoms with Crippen LogP contribution in [0.3, 0.4) is 0 Å². The third kappa shape index (κ3) is 6.68. The van der Waals surface area contributed by atoms with Crippen molar-refractivity contribution in [2.24, 2.45) is 0 Å². The highest BCUT2D eigenvalue weighted by Gasteiger charge is 2.47. The molecule has 0 saturated carbocycles. The highest BCUT2D eigenvalue weighted by Crippen LogP contribution is 2.44. The minimum absolute atomic E-state index is 0.0276. The molecule has 0 saturated heterocycles. The van der Waals surface area contributed by atoms with Crippen LogP contribution in [0.5, 0.6) is 23.0 Å². The van der Waals surface area contributed by atoms with Crippen molar-refractivity contribution in [1.29, 1.82) is 0 Å². The number of hydrogen-bond donors (Lipinski definition) is 3. The molecule has 0 bridgehead atoms. The first kappa shape index (κ1) is 29.8. The maximum absolute atomic E-state index is 11.7. The molecular formula is C25H34Cl2O6Si. The van der Waals surface area contributed by atoms with Crippen LogP contribution < -0.4 is 4.43 Å². The summed E-state index contributed by atoms with van der Waals surface area (Å²) >= 11 is 11.6. The Kier molecular flexibility index (Phi) is 10.5. The summed E-state index contributed by atoms with van der Waals surface area (Å²) in [4.78, 5) is 22.5. The normalized spacial score (nSPS) is 11.4. The van der Waals surface area contributed by atoms with Crippen LogP contribution in [0.1, 0.15) is 76.1 Å². The van der Waals surface area contributed by atoms with E-state index in [4.69, 9.17) is 32.7 Å². The molecule has 6 nitrogen and oxygen atoms in total. The molecule has 0 unspecified atom stereocenters. The fourth-order valence-electron chi connectivity index (χ4n) is 4.31. The van der Waals surface area contributed by atoms with Gasteiger partial charge < -0.3 is 19.7 Å². The van der Waals surface area contributed by atoms with E-state index in [9.17, 15) is 19.8 Å². The van der Waals surface area contributed by atoms with E-state index >= 15 is 0 Å². The molecule has 0 heterocycles. The number of phenolic OH excluding ortho intramolecular Hbond substituents is 3. The molecule has 0 aliphatic carbocycles. The number of carbonyl (C=O) groups excluding carboxylic acids is 2. The van der Waals surface area contributed by atoms with E-state index in [-0.39, 0.29) is 50.0 Å². The quantitative estimate of drug-likeness (QED) is 0.192. The monoisotopic (exact) mass is 528 g/mol. The molecule has 0 amide bonds. The number of carbonyl (C=O) groups is 2. The number of aromatic hydroxyl groups is 3. The van der Waals surface area contributed by atoms with Crippen LogP contribution in [0.2, 0.25) is 26.7 Å². The molecule has 188 valence electrons. The summed E-state index contributed by atoms with van der Waals surface area (Å²) in [7, 11) is -2.12. The molecular weight excluding hydrogens is 495 g/mol. The first-order chi connectivity index (χ1) is 15.6. The molecule has 0 atom stereocenters. The lowest BCUT2D eigenvalue weighted by Gasteiger charge is -2.42. The molecule has 0 aromatic heterocycles. The molecule has 0 aliphatic rings. The van der Waals surface area contributed by atoms with Crippen LogP contribution >= 0.6 is 23.2 Å². The molecule has 34 heavy (non-hydrogen) atoms. The molecule has 0 fully saturated rings. The Labute approximate surface area is 212 Å². The van der Waals surface area contributed by atoms with Crippen molar-refractivity contribution in [1.82, 2.24) is 0 Å². The van der Waals surface area contributed by atoms with Crippen molar-refractivity contribution in [3.63, 3.8) is 0 Å². The number of benzene rings is 2. The van der Waals surface area contributed by atoms with Gasteiger partial charge in [0, 0.05) is 12.1 Å². The van der Waals surface area contributed by atoms with Gasteiger partial charge in [0.2, 0.25) is 0 Å². The first-order valence-electron chi connectivity index (χ1n) is 11.0. The lowest BCUT2D eigenvalue weighted by atomic mass is 10.1. The molecule has 3 N–H and O–H groups in total. The summed E-state index contributed by atoms with van der Waals surface area (Å²) in [5, 5.41) is 28.3. The van der Waals surface area contributed by atoms with Crippen molar-refractivity contribution < 1.29 is 29.3 Å². The van der Waals surface area contributed by atoms with Gasteiger partial charge in [-0.2, -0.15) is 0 Å². The van der Waals surface area contributed by atoms with Crippen molar-refractivity contribution in [2.75, 3.05) is 0 Å². The zero-order chi connectivity index (χ0) is 26.5. The van der Waals surface area contributed by atoms with E-state index in [1.807, 2.05) is 0 Å². The van der Waals surface area contributed by atoms with Gasteiger partial charge in [0.15, 0.2) is 11.6 Å². The zero-order valence-corrected chi connectivity index (χ0v) is 23.4. The highest BCUT2D eigenvalue weighted by atomic mass is 35.5. The van der Waals surface area contributed by atoms with Crippen molar-refractivity contribution >= 4 is 43.1 Å². The fraction of sp³-hybridized carbons (Fsp3) is 0.440. The molecule has 0 aliphatic heterocycles. The van der Waals surface area contributed by atoms with Gasteiger partial charge in [-0.05, 0) is 42.6 Å². The van der Waals surface area contributed by atoms with Crippen LogP contribution in [0.15, 0.2) is 24.3 Å². The molecule has 0 radical (unpaired) electrons. The number of rotatable bonds is 7. The topological polar surface area (TPSA) is 104 Å². The number of halogens is 2. The summed E-state index contributed by atoms with van der Waals surface area (Å²) in [6, 6.07) is 5.56. The summed E-state index contributed by atoms with van der Waals surface area (Å²) in [5.41, 5.74) is 1.49. The first-order valence-corrected chi connectivity index (χ1v) is 13.9. The summed E-state index contributed by atoms with van der Waals surface area (Å²) < 4.78 is 6.50. The van der Waals surface area contributed by atoms with Gasteiger partial charge in [-0.15, -0.1) is 0 Å². The summed E-state index contributed by atoms with van der Waals surface area (Å²) in [5.74, 6) is -0.589. The lowest BCUT2D eigenvalue weighted by Crippen LogP contribution is -2.50. The Hall–Kier alpha value is -2.22. The van der Waals surface area contributed by atoms with Crippen molar-refractivity contribution in [3.05, 3.63) is 45.4 Å². The molecule has 0 spiro atoms. The van der Waals surface area contributed by atoms with Crippen LogP contribution in [-0.2, 0) is 0 Å². The van der Waals surface area contributed by atoms with Gasteiger partial charge >= 0.3 is 0 Å². The second-order valence-corrected chi connectivity index (χ2v) is 15.3. The predicted molar refractivity (Wildman–Crippen MR) is 140 cm³/mol. The summed E-state index contributed by atoms with van der Waals surface area (Å²) in [6.07, 6.45) is 0. The second kappa shape index (κ2) is 12.0. The minimum Gasteiger partial charge on any atom is -0.543 e. The standard InChI is InChI=1S/C17H27ClO3Si.C8H7ClO3/c1-10(2)22(11(3)4,12(5)6)21-14-8-15(13(7)19)17(20)16(18)9-14;1-4(10)6-2-5(11)3-7(9)8(6)12/h8-12,20H,1-7H3;2-3,11-12H,1H3. The average Bonchev–Trinajstić information content (AvgIpc) is 2.70. The van der Waals surface area contributed by atoms with Gasteiger partial charge in [-0.1, -0.05) is 64.7 Å².